The highest BCUT2D eigenvalue weighted by molar-refractivity contribution is 5.85. The van der Waals surface area contributed by atoms with Crippen molar-refractivity contribution in [2.75, 3.05) is 6.54 Å². The summed E-state index contributed by atoms with van der Waals surface area (Å²) in [5.41, 5.74) is 7.62. The molecule has 2 aliphatic rings. The van der Waals surface area contributed by atoms with Crippen molar-refractivity contribution >= 4 is 18.3 Å². The van der Waals surface area contributed by atoms with Gasteiger partial charge < -0.3 is 10.6 Å². The van der Waals surface area contributed by atoms with Gasteiger partial charge >= 0.3 is 0 Å². The van der Waals surface area contributed by atoms with Gasteiger partial charge in [-0.05, 0) is 49.0 Å². The Kier molecular flexibility index (Phi) is 7.33. The fourth-order valence-electron chi connectivity index (χ4n) is 4.73. The molecule has 0 heterocycles. The van der Waals surface area contributed by atoms with E-state index in [0.717, 1.165) is 25.9 Å². The van der Waals surface area contributed by atoms with E-state index < -0.39 is 0 Å². The Bertz CT molecular complexity index is 534. The van der Waals surface area contributed by atoms with E-state index in [-0.39, 0.29) is 18.3 Å². The van der Waals surface area contributed by atoms with Crippen LogP contribution in [0.5, 0.6) is 0 Å². The number of fused-ring (bicyclic) bond motifs is 2. The smallest absolute Gasteiger partial charge is 0.226 e. The molecule has 2 N–H and O–H groups in total. The molecule has 0 aliphatic heterocycles. The summed E-state index contributed by atoms with van der Waals surface area (Å²) in [7, 11) is 0. The van der Waals surface area contributed by atoms with Crippen LogP contribution in [-0.2, 0) is 11.3 Å². The van der Waals surface area contributed by atoms with Gasteiger partial charge in [-0.1, -0.05) is 50.6 Å². The summed E-state index contributed by atoms with van der Waals surface area (Å²) in [5.74, 6) is 2.15. The second-order valence-electron chi connectivity index (χ2n) is 8.29. The monoisotopic (exact) mass is 364 g/mol. The van der Waals surface area contributed by atoms with Crippen LogP contribution in [0.1, 0.15) is 51.5 Å². The molecular weight excluding hydrogens is 332 g/mol. The maximum Gasteiger partial charge on any atom is 0.226 e. The fourth-order valence-corrected chi connectivity index (χ4v) is 4.73. The summed E-state index contributed by atoms with van der Waals surface area (Å²) >= 11 is 0. The molecule has 2 saturated carbocycles. The van der Waals surface area contributed by atoms with E-state index in [1.165, 1.54) is 24.8 Å². The molecule has 0 saturated heterocycles. The number of hydrogen-bond donors (Lipinski definition) is 1. The van der Waals surface area contributed by atoms with Gasteiger partial charge in [0.2, 0.25) is 5.91 Å². The largest absolute Gasteiger partial charge is 0.338 e. The van der Waals surface area contributed by atoms with E-state index in [4.69, 9.17) is 5.73 Å². The lowest BCUT2D eigenvalue weighted by atomic mass is 9.65. The Morgan fingerprint density at radius 3 is 2.32 bits per heavy atom. The number of nitrogens with zero attached hydrogens (tertiary/aromatic N) is 1. The third-order valence-electron chi connectivity index (χ3n) is 5.88. The van der Waals surface area contributed by atoms with Gasteiger partial charge in [-0.3, -0.25) is 4.79 Å². The summed E-state index contributed by atoms with van der Waals surface area (Å²) < 4.78 is 0. The third-order valence-corrected chi connectivity index (χ3v) is 5.88. The second kappa shape index (κ2) is 9.05. The number of amides is 1. The molecule has 25 heavy (non-hydrogen) atoms. The Morgan fingerprint density at radius 2 is 1.76 bits per heavy atom. The Hall–Kier alpha value is -1.06. The lowest BCUT2D eigenvalue weighted by Gasteiger charge is -2.44. The highest BCUT2D eigenvalue weighted by atomic mass is 35.5. The van der Waals surface area contributed by atoms with Crippen molar-refractivity contribution in [2.45, 2.75) is 58.5 Å². The topological polar surface area (TPSA) is 46.3 Å². The van der Waals surface area contributed by atoms with Crippen LogP contribution in [0.15, 0.2) is 30.3 Å². The number of carbonyl (C=O) groups excluding carboxylic acids is 1. The van der Waals surface area contributed by atoms with Crippen molar-refractivity contribution < 1.29 is 4.79 Å². The zero-order chi connectivity index (χ0) is 17.1. The van der Waals surface area contributed by atoms with Gasteiger partial charge in [0.25, 0.3) is 0 Å². The van der Waals surface area contributed by atoms with E-state index in [0.29, 0.717) is 29.7 Å². The maximum absolute atomic E-state index is 13.3. The second-order valence-corrected chi connectivity index (χ2v) is 8.29. The van der Waals surface area contributed by atoms with Crippen molar-refractivity contribution in [3.63, 3.8) is 0 Å². The first-order valence-electron chi connectivity index (χ1n) is 9.63. The van der Waals surface area contributed by atoms with Crippen molar-refractivity contribution in [2.24, 2.45) is 29.4 Å². The minimum atomic E-state index is 0. The van der Waals surface area contributed by atoms with E-state index in [9.17, 15) is 4.79 Å². The Balaban J connectivity index is 0.00000225. The summed E-state index contributed by atoms with van der Waals surface area (Å²) in [6, 6.07) is 10.7. The highest BCUT2D eigenvalue weighted by Crippen LogP contribution is 2.42. The minimum absolute atomic E-state index is 0. The van der Waals surface area contributed by atoms with Crippen molar-refractivity contribution in [3.05, 3.63) is 35.9 Å². The van der Waals surface area contributed by atoms with Gasteiger partial charge in [0.1, 0.15) is 0 Å². The SMILES string of the molecule is CC(C)CN(Cc1ccccc1)C(=O)C1CC2CCCC(C1)C2N.Cl. The lowest BCUT2D eigenvalue weighted by Crippen LogP contribution is -2.50. The van der Waals surface area contributed by atoms with Crippen molar-refractivity contribution in [1.29, 1.82) is 0 Å². The first-order valence-corrected chi connectivity index (χ1v) is 9.63. The summed E-state index contributed by atoms with van der Waals surface area (Å²) in [5, 5.41) is 0. The van der Waals surface area contributed by atoms with Crippen LogP contribution in [0, 0.1) is 23.7 Å². The fraction of sp³-hybridized carbons (Fsp3) is 0.667. The zero-order valence-electron chi connectivity index (χ0n) is 15.6. The van der Waals surface area contributed by atoms with Gasteiger partial charge in [-0.25, -0.2) is 0 Å². The normalized spacial score (nSPS) is 28.3. The lowest BCUT2D eigenvalue weighted by molar-refractivity contribution is -0.139. The molecule has 3 rings (SSSR count). The number of benzene rings is 1. The van der Waals surface area contributed by atoms with Crippen LogP contribution in [0.4, 0.5) is 0 Å². The van der Waals surface area contributed by atoms with Gasteiger partial charge in [-0.2, -0.15) is 0 Å². The molecule has 1 aromatic rings. The molecule has 2 fully saturated rings. The van der Waals surface area contributed by atoms with Gasteiger partial charge in [0.15, 0.2) is 0 Å². The van der Waals surface area contributed by atoms with Crippen LogP contribution in [0.25, 0.3) is 0 Å². The molecule has 2 atom stereocenters. The molecule has 4 heteroatoms. The molecule has 1 amide bonds. The molecule has 0 radical (unpaired) electrons. The zero-order valence-corrected chi connectivity index (χ0v) is 16.4. The van der Waals surface area contributed by atoms with Crippen molar-refractivity contribution in [1.82, 2.24) is 4.90 Å². The van der Waals surface area contributed by atoms with E-state index in [1.807, 2.05) is 6.07 Å². The minimum Gasteiger partial charge on any atom is -0.338 e. The average molecular weight is 365 g/mol. The summed E-state index contributed by atoms with van der Waals surface area (Å²) in [6.07, 6.45) is 5.72. The highest BCUT2D eigenvalue weighted by Gasteiger charge is 2.41. The number of halogens is 1. The van der Waals surface area contributed by atoms with Gasteiger partial charge in [0, 0.05) is 25.0 Å². The van der Waals surface area contributed by atoms with Crippen LogP contribution >= 0.6 is 12.4 Å². The van der Waals surface area contributed by atoms with Crippen molar-refractivity contribution in [3.8, 4) is 0 Å². The quantitative estimate of drug-likeness (QED) is 0.849. The number of nitrogens with two attached hydrogens (primary N) is 1. The third kappa shape index (κ3) is 4.98. The van der Waals surface area contributed by atoms with Gasteiger partial charge in [0.05, 0.1) is 0 Å². The molecule has 2 unspecified atom stereocenters. The first kappa shape index (κ1) is 20.3. The predicted octanol–water partition coefficient (Wildman–Crippen LogP) is 4.25. The van der Waals surface area contributed by atoms with Crippen LogP contribution in [0.2, 0.25) is 0 Å². The Morgan fingerprint density at radius 1 is 1.16 bits per heavy atom. The number of rotatable bonds is 5. The molecule has 1 aromatic carbocycles. The molecular formula is C21H33ClN2O. The first-order chi connectivity index (χ1) is 11.5. The predicted molar refractivity (Wildman–Crippen MR) is 105 cm³/mol. The molecule has 2 bridgehead atoms. The molecule has 140 valence electrons. The molecule has 3 nitrogen and oxygen atoms in total. The number of carbonyl (C=O) groups is 1. The van der Waals surface area contributed by atoms with Gasteiger partial charge in [-0.15, -0.1) is 12.4 Å². The molecule has 2 aliphatic carbocycles. The van der Waals surface area contributed by atoms with E-state index in [2.05, 4.69) is 43.0 Å². The van der Waals surface area contributed by atoms with E-state index in [1.54, 1.807) is 0 Å². The van der Waals surface area contributed by atoms with Crippen LogP contribution in [-0.4, -0.2) is 23.4 Å². The summed E-state index contributed by atoms with van der Waals surface area (Å²) in [4.78, 5) is 15.4. The average Bonchev–Trinajstić information content (AvgIpc) is 2.54. The number of hydrogen-bond acceptors (Lipinski definition) is 2. The van der Waals surface area contributed by atoms with Crippen LogP contribution in [0.3, 0.4) is 0 Å². The maximum atomic E-state index is 13.3. The van der Waals surface area contributed by atoms with E-state index >= 15 is 0 Å². The summed E-state index contributed by atoms with van der Waals surface area (Å²) in [6.45, 7) is 5.95. The standard InChI is InChI=1S/C21H32N2O.ClH/c1-15(2)13-23(14-16-7-4-3-5-8-16)21(24)19-11-17-9-6-10-18(12-19)20(17)22;/h3-5,7-8,15,17-20H,6,9-14,22H2,1-2H3;1H. The molecule has 0 aromatic heterocycles. The van der Waals surface area contributed by atoms with Crippen LogP contribution < -0.4 is 5.73 Å². The Labute approximate surface area is 158 Å². The molecule has 0 spiro atoms.